The van der Waals surface area contributed by atoms with E-state index in [1.54, 1.807) is 6.26 Å². The fourth-order valence-corrected chi connectivity index (χ4v) is 3.11. The highest BCUT2D eigenvalue weighted by Gasteiger charge is 2.13. The Morgan fingerprint density at radius 1 is 1.25 bits per heavy atom. The van der Waals surface area contributed by atoms with Crippen LogP contribution in [-0.4, -0.2) is 17.7 Å². The first kappa shape index (κ1) is 16.6. The van der Waals surface area contributed by atoms with E-state index in [9.17, 15) is 0 Å². The van der Waals surface area contributed by atoms with Crippen molar-refractivity contribution in [2.24, 2.45) is 4.99 Å². The zero-order chi connectivity index (χ0) is 16.8. The van der Waals surface area contributed by atoms with Gasteiger partial charge in [-0.2, -0.15) is 0 Å². The number of fused-ring (bicyclic) bond motifs is 1. The molecule has 1 heterocycles. The average Bonchev–Trinajstić information content (AvgIpc) is 3.13. The Morgan fingerprint density at radius 3 is 2.83 bits per heavy atom. The van der Waals surface area contributed by atoms with E-state index in [0.717, 1.165) is 18.2 Å². The molecule has 0 radical (unpaired) electrons. The van der Waals surface area contributed by atoms with Crippen molar-refractivity contribution in [3.05, 3.63) is 52.9 Å². The number of aryl methyl sites for hydroxylation is 2. The van der Waals surface area contributed by atoms with E-state index < -0.39 is 0 Å². The quantitative estimate of drug-likeness (QED) is 0.653. The van der Waals surface area contributed by atoms with Gasteiger partial charge in [-0.1, -0.05) is 23.4 Å². The molecule has 1 aromatic heterocycles. The van der Waals surface area contributed by atoms with Crippen LogP contribution in [-0.2, 0) is 19.4 Å². The summed E-state index contributed by atoms with van der Waals surface area (Å²) in [6, 6.07) is 8.92. The van der Waals surface area contributed by atoms with Gasteiger partial charge < -0.3 is 15.2 Å². The summed E-state index contributed by atoms with van der Waals surface area (Å²) in [7, 11) is 0. The van der Waals surface area contributed by atoms with E-state index in [4.69, 9.17) is 4.52 Å². The lowest BCUT2D eigenvalue weighted by molar-refractivity contribution is 0.412. The summed E-state index contributed by atoms with van der Waals surface area (Å²) in [6.07, 6.45) is 6.62. The lowest BCUT2D eigenvalue weighted by atomic mass is 9.89. The number of aromatic nitrogens is 1. The molecular formula is C19H26N4O. The molecule has 1 unspecified atom stereocenters. The van der Waals surface area contributed by atoms with Gasteiger partial charge in [0.05, 0.1) is 12.6 Å². The van der Waals surface area contributed by atoms with Crippen LogP contribution in [0.3, 0.4) is 0 Å². The smallest absolute Gasteiger partial charge is 0.192 e. The van der Waals surface area contributed by atoms with Crippen LogP contribution in [0.1, 0.15) is 55.1 Å². The zero-order valence-electron chi connectivity index (χ0n) is 14.5. The average molecular weight is 326 g/mol. The molecule has 0 bridgehead atoms. The number of benzene rings is 1. The summed E-state index contributed by atoms with van der Waals surface area (Å²) < 4.78 is 4.85. The molecule has 0 saturated carbocycles. The maximum absolute atomic E-state index is 4.85. The summed E-state index contributed by atoms with van der Waals surface area (Å²) in [4.78, 5) is 4.58. The molecule has 1 aromatic carbocycles. The van der Waals surface area contributed by atoms with Gasteiger partial charge in [-0.3, -0.25) is 0 Å². The van der Waals surface area contributed by atoms with Crippen molar-refractivity contribution in [2.75, 3.05) is 6.54 Å². The molecule has 5 heteroatoms. The topological polar surface area (TPSA) is 62.5 Å². The molecular weight excluding hydrogens is 300 g/mol. The standard InChI is InChI=1S/C19H26N4O/c1-3-20-19(21-13-18-10-11-24-23-18)22-14(2)16-9-8-15-6-4-5-7-17(15)12-16/h8-12,14H,3-7,13H2,1-2H3,(H2,20,21,22). The summed E-state index contributed by atoms with van der Waals surface area (Å²) >= 11 is 0. The predicted octanol–water partition coefficient (Wildman–Crippen LogP) is 3.37. The van der Waals surface area contributed by atoms with Crippen LogP contribution in [0.15, 0.2) is 40.0 Å². The van der Waals surface area contributed by atoms with Gasteiger partial charge in [-0.25, -0.2) is 4.99 Å². The van der Waals surface area contributed by atoms with Gasteiger partial charge in [0.25, 0.3) is 0 Å². The van der Waals surface area contributed by atoms with E-state index in [2.05, 4.69) is 52.8 Å². The van der Waals surface area contributed by atoms with Gasteiger partial charge in [-0.15, -0.1) is 0 Å². The van der Waals surface area contributed by atoms with E-state index in [1.807, 2.05) is 6.07 Å². The lowest BCUT2D eigenvalue weighted by Crippen LogP contribution is -2.38. The summed E-state index contributed by atoms with van der Waals surface area (Å²) in [5, 5.41) is 10.7. The third kappa shape index (κ3) is 4.16. The second-order valence-corrected chi connectivity index (χ2v) is 6.29. The third-order valence-electron chi connectivity index (χ3n) is 4.46. The van der Waals surface area contributed by atoms with Crippen LogP contribution in [0.4, 0.5) is 0 Å². The third-order valence-corrected chi connectivity index (χ3v) is 4.46. The molecule has 128 valence electrons. The zero-order valence-corrected chi connectivity index (χ0v) is 14.5. The number of rotatable bonds is 5. The monoisotopic (exact) mass is 326 g/mol. The fourth-order valence-electron chi connectivity index (χ4n) is 3.11. The van der Waals surface area contributed by atoms with Crippen molar-refractivity contribution in [3.63, 3.8) is 0 Å². The molecule has 0 spiro atoms. The molecule has 0 amide bonds. The minimum Gasteiger partial charge on any atom is -0.364 e. The van der Waals surface area contributed by atoms with Crippen molar-refractivity contribution in [1.29, 1.82) is 0 Å². The minimum absolute atomic E-state index is 0.201. The van der Waals surface area contributed by atoms with Gasteiger partial charge in [0.2, 0.25) is 0 Å². The van der Waals surface area contributed by atoms with Crippen LogP contribution >= 0.6 is 0 Å². The summed E-state index contributed by atoms with van der Waals surface area (Å²) in [5.74, 6) is 0.797. The van der Waals surface area contributed by atoms with Crippen LogP contribution in [0.2, 0.25) is 0 Å². The Kier molecular flexibility index (Phi) is 5.51. The molecule has 0 fully saturated rings. The molecule has 2 aromatic rings. The van der Waals surface area contributed by atoms with Gasteiger partial charge in [0.15, 0.2) is 5.96 Å². The second kappa shape index (κ2) is 7.99. The number of hydrogen-bond acceptors (Lipinski definition) is 3. The number of aliphatic imine (C=N–C) groups is 1. The molecule has 1 aliphatic carbocycles. The largest absolute Gasteiger partial charge is 0.364 e. The normalized spacial score (nSPS) is 15.7. The number of nitrogens with one attached hydrogen (secondary N) is 2. The van der Waals surface area contributed by atoms with E-state index in [0.29, 0.717) is 6.54 Å². The Hall–Kier alpha value is -2.30. The number of nitrogens with zero attached hydrogens (tertiary/aromatic N) is 2. The number of guanidine groups is 1. The Morgan fingerprint density at radius 2 is 2.08 bits per heavy atom. The van der Waals surface area contributed by atoms with Gasteiger partial charge >= 0.3 is 0 Å². The summed E-state index contributed by atoms with van der Waals surface area (Å²) in [6.45, 7) is 5.56. The molecule has 3 rings (SSSR count). The molecule has 24 heavy (non-hydrogen) atoms. The first-order valence-electron chi connectivity index (χ1n) is 8.82. The van der Waals surface area contributed by atoms with Crippen molar-refractivity contribution in [2.45, 2.75) is 52.1 Å². The first-order valence-corrected chi connectivity index (χ1v) is 8.82. The van der Waals surface area contributed by atoms with Gasteiger partial charge in [0.1, 0.15) is 12.0 Å². The number of hydrogen-bond donors (Lipinski definition) is 2. The van der Waals surface area contributed by atoms with E-state index in [1.165, 1.54) is 42.4 Å². The van der Waals surface area contributed by atoms with Crippen molar-refractivity contribution < 1.29 is 4.52 Å². The fraction of sp³-hybridized carbons (Fsp3) is 0.474. The van der Waals surface area contributed by atoms with E-state index in [-0.39, 0.29) is 6.04 Å². The predicted molar refractivity (Wildman–Crippen MR) is 96.0 cm³/mol. The van der Waals surface area contributed by atoms with Crippen LogP contribution in [0.25, 0.3) is 0 Å². The highest BCUT2D eigenvalue weighted by Crippen LogP contribution is 2.24. The molecule has 0 aliphatic heterocycles. The van der Waals surface area contributed by atoms with Crippen molar-refractivity contribution in [1.82, 2.24) is 15.8 Å². The maximum Gasteiger partial charge on any atom is 0.192 e. The van der Waals surface area contributed by atoms with Crippen molar-refractivity contribution in [3.8, 4) is 0 Å². The Labute approximate surface area is 143 Å². The first-order chi connectivity index (χ1) is 11.8. The molecule has 0 saturated heterocycles. The van der Waals surface area contributed by atoms with Crippen molar-refractivity contribution >= 4 is 5.96 Å². The SMILES string of the molecule is CCNC(=NCc1ccon1)NC(C)c1ccc2c(c1)CCCC2. The maximum atomic E-state index is 4.85. The second-order valence-electron chi connectivity index (χ2n) is 6.29. The van der Waals surface area contributed by atoms with Crippen LogP contribution in [0, 0.1) is 0 Å². The molecule has 5 nitrogen and oxygen atoms in total. The van der Waals surface area contributed by atoms with Crippen LogP contribution < -0.4 is 10.6 Å². The molecule has 1 aliphatic rings. The van der Waals surface area contributed by atoms with Gasteiger partial charge in [-0.05, 0) is 56.2 Å². The highest BCUT2D eigenvalue weighted by atomic mass is 16.5. The Balaban J connectivity index is 1.68. The summed E-state index contributed by atoms with van der Waals surface area (Å²) in [5.41, 5.74) is 5.16. The van der Waals surface area contributed by atoms with Gasteiger partial charge in [0, 0.05) is 12.6 Å². The Bertz CT molecular complexity index is 679. The van der Waals surface area contributed by atoms with E-state index >= 15 is 0 Å². The molecule has 1 atom stereocenters. The minimum atomic E-state index is 0.201. The molecule has 2 N–H and O–H groups in total. The van der Waals surface area contributed by atoms with Crippen LogP contribution in [0.5, 0.6) is 0 Å². The lowest BCUT2D eigenvalue weighted by Gasteiger charge is -2.21. The highest BCUT2D eigenvalue weighted by molar-refractivity contribution is 5.80.